The standard InChI is InChI=1S/C14H21FN2O2/c1-4-14(3,7-8-18)17-13(19)16-12-9-10(2)5-6-11(12)15/h5-6,9,18H,4,7-8H2,1-3H3,(H2,16,17,19). The summed E-state index contributed by atoms with van der Waals surface area (Å²) in [5.74, 6) is -0.471. The number of hydrogen-bond acceptors (Lipinski definition) is 2. The maximum absolute atomic E-state index is 13.5. The van der Waals surface area contributed by atoms with Gasteiger partial charge in [0.05, 0.1) is 5.69 Å². The van der Waals surface area contributed by atoms with Crippen molar-refractivity contribution in [3.63, 3.8) is 0 Å². The molecule has 0 bridgehead atoms. The van der Waals surface area contributed by atoms with Crippen molar-refractivity contribution in [1.29, 1.82) is 0 Å². The van der Waals surface area contributed by atoms with Crippen LogP contribution in [0, 0.1) is 12.7 Å². The molecule has 0 saturated carbocycles. The number of aliphatic hydroxyl groups excluding tert-OH is 1. The minimum atomic E-state index is -0.501. The summed E-state index contributed by atoms with van der Waals surface area (Å²) in [6, 6.07) is 4.06. The van der Waals surface area contributed by atoms with E-state index in [9.17, 15) is 9.18 Å². The summed E-state index contributed by atoms with van der Waals surface area (Å²) in [4.78, 5) is 11.9. The SMILES string of the molecule is CCC(C)(CCO)NC(=O)Nc1cc(C)ccc1F. The van der Waals surface area contributed by atoms with E-state index in [4.69, 9.17) is 5.11 Å². The Balaban J connectivity index is 2.72. The summed E-state index contributed by atoms with van der Waals surface area (Å²) in [7, 11) is 0. The van der Waals surface area contributed by atoms with E-state index in [1.54, 1.807) is 12.1 Å². The summed E-state index contributed by atoms with van der Waals surface area (Å²) in [5.41, 5.74) is 0.518. The van der Waals surface area contributed by atoms with Crippen LogP contribution in [0.4, 0.5) is 14.9 Å². The fraction of sp³-hybridized carbons (Fsp3) is 0.500. The third-order valence-electron chi connectivity index (χ3n) is 3.23. The van der Waals surface area contributed by atoms with Gasteiger partial charge in [-0.2, -0.15) is 0 Å². The summed E-state index contributed by atoms with van der Waals surface area (Å²) < 4.78 is 13.5. The number of nitrogens with one attached hydrogen (secondary N) is 2. The lowest BCUT2D eigenvalue weighted by Gasteiger charge is -2.29. The zero-order chi connectivity index (χ0) is 14.5. The first-order valence-electron chi connectivity index (χ1n) is 6.36. The summed E-state index contributed by atoms with van der Waals surface area (Å²) >= 11 is 0. The molecular formula is C14H21FN2O2. The average molecular weight is 268 g/mol. The lowest BCUT2D eigenvalue weighted by molar-refractivity contribution is 0.208. The largest absolute Gasteiger partial charge is 0.396 e. The van der Waals surface area contributed by atoms with Crippen LogP contribution in [0.5, 0.6) is 0 Å². The highest BCUT2D eigenvalue weighted by atomic mass is 19.1. The van der Waals surface area contributed by atoms with Crippen molar-refractivity contribution < 1.29 is 14.3 Å². The second kappa shape index (κ2) is 6.52. The Bertz CT molecular complexity index is 451. The van der Waals surface area contributed by atoms with Gasteiger partial charge in [-0.1, -0.05) is 13.0 Å². The van der Waals surface area contributed by atoms with E-state index in [-0.39, 0.29) is 12.3 Å². The van der Waals surface area contributed by atoms with E-state index in [0.717, 1.165) is 5.56 Å². The van der Waals surface area contributed by atoms with Gasteiger partial charge in [-0.05, 0) is 44.4 Å². The van der Waals surface area contributed by atoms with Gasteiger partial charge in [0, 0.05) is 12.1 Å². The van der Waals surface area contributed by atoms with Crippen molar-refractivity contribution in [2.45, 2.75) is 39.2 Å². The predicted octanol–water partition coefficient (Wildman–Crippen LogP) is 2.81. The topological polar surface area (TPSA) is 61.4 Å². The Morgan fingerprint density at radius 2 is 2.16 bits per heavy atom. The van der Waals surface area contributed by atoms with Crippen molar-refractivity contribution in [2.75, 3.05) is 11.9 Å². The number of urea groups is 1. The summed E-state index contributed by atoms with van der Waals surface area (Å²) in [5, 5.41) is 14.2. The maximum atomic E-state index is 13.5. The molecule has 106 valence electrons. The molecule has 1 aromatic carbocycles. The van der Waals surface area contributed by atoms with Gasteiger partial charge < -0.3 is 15.7 Å². The van der Waals surface area contributed by atoms with Crippen molar-refractivity contribution in [2.24, 2.45) is 0 Å². The Kier molecular flexibility index (Phi) is 5.30. The van der Waals surface area contributed by atoms with Crippen LogP contribution in [-0.4, -0.2) is 23.3 Å². The van der Waals surface area contributed by atoms with Gasteiger partial charge in [0.2, 0.25) is 0 Å². The van der Waals surface area contributed by atoms with Gasteiger partial charge in [0.1, 0.15) is 5.82 Å². The van der Waals surface area contributed by atoms with Gasteiger partial charge in [-0.25, -0.2) is 9.18 Å². The number of amides is 2. The second-order valence-electron chi connectivity index (χ2n) is 4.95. The predicted molar refractivity (Wildman–Crippen MR) is 73.7 cm³/mol. The summed E-state index contributed by atoms with van der Waals surface area (Å²) in [6.45, 7) is 5.58. The van der Waals surface area contributed by atoms with Crippen LogP contribution in [0.25, 0.3) is 0 Å². The molecule has 0 aliphatic carbocycles. The molecule has 4 nitrogen and oxygen atoms in total. The fourth-order valence-corrected chi connectivity index (χ4v) is 1.74. The molecule has 5 heteroatoms. The molecular weight excluding hydrogens is 247 g/mol. The Labute approximate surface area is 113 Å². The third kappa shape index (κ3) is 4.52. The molecule has 1 aromatic rings. The van der Waals surface area contributed by atoms with E-state index >= 15 is 0 Å². The first-order valence-corrected chi connectivity index (χ1v) is 6.36. The number of aryl methyl sites for hydroxylation is 1. The minimum absolute atomic E-state index is 0.0105. The van der Waals surface area contributed by atoms with Crippen molar-refractivity contribution in [3.8, 4) is 0 Å². The van der Waals surface area contributed by atoms with E-state index in [1.165, 1.54) is 6.07 Å². The number of benzene rings is 1. The third-order valence-corrected chi connectivity index (χ3v) is 3.23. The first kappa shape index (κ1) is 15.4. The Morgan fingerprint density at radius 1 is 1.47 bits per heavy atom. The smallest absolute Gasteiger partial charge is 0.319 e. The maximum Gasteiger partial charge on any atom is 0.319 e. The van der Waals surface area contributed by atoms with Gasteiger partial charge >= 0.3 is 6.03 Å². The number of anilines is 1. The molecule has 0 spiro atoms. The Morgan fingerprint density at radius 3 is 2.74 bits per heavy atom. The van der Waals surface area contributed by atoms with E-state index in [0.29, 0.717) is 12.8 Å². The molecule has 0 heterocycles. The van der Waals surface area contributed by atoms with Crippen LogP contribution in [0.1, 0.15) is 32.3 Å². The monoisotopic (exact) mass is 268 g/mol. The number of rotatable bonds is 5. The van der Waals surface area contributed by atoms with Crippen LogP contribution in [-0.2, 0) is 0 Å². The number of hydrogen-bond donors (Lipinski definition) is 3. The van der Waals surface area contributed by atoms with Gasteiger partial charge in [-0.15, -0.1) is 0 Å². The fourth-order valence-electron chi connectivity index (χ4n) is 1.74. The van der Waals surface area contributed by atoms with E-state index < -0.39 is 17.4 Å². The molecule has 0 aliphatic rings. The van der Waals surface area contributed by atoms with E-state index in [2.05, 4.69) is 10.6 Å². The molecule has 0 aromatic heterocycles. The van der Waals surface area contributed by atoms with E-state index in [1.807, 2.05) is 20.8 Å². The average Bonchev–Trinajstić information content (AvgIpc) is 2.34. The molecule has 1 unspecified atom stereocenters. The van der Waals surface area contributed by atoms with Crippen LogP contribution in [0.2, 0.25) is 0 Å². The lowest BCUT2D eigenvalue weighted by atomic mass is 9.95. The van der Waals surface area contributed by atoms with Gasteiger partial charge in [0.25, 0.3) is 0 Å². The quantitative estimate of drug-likeness (QED) is 0.769. The highest BCUT2D eigenvalue weighted by Gasteiger charge is 2.23. The minimum Gasteiger partial charge on any atom is -0.396 e. The van der Waals surface area contributed by atoms with Crippen molar-refractivity contribution >= 4 is 11.7 Å². The molecule has 2 amide bonds. The second-order valence-corrected chi connectivity index (χ2v) is 4.95. The number of carbonyl (C=O) groups is 1. The summed E-state index contributed by atoms with van der Waals surface area (Å²) in [6.07, 6.45) is 1.13. The van der Waals surface area contributed by atoms with Crippen LogP contribution in [0.15, 0.2) is 18.2 Å². The molecule has 0 saturated heterocycles. The van der Waals surface area contributed by atoms with Crippen LogP contribution < -0.4 is 10.6 Å². The van der Waals surface area contributed by atoms with Crippen molar-refractivity contribution in [1.82, 2.24) is 5.32 Å². The van der Waals surface area contributed by atoms with Gasteiger partial charge in [-0.3, -0.25) is 0 Å². The normalized spacial score (nSPS) is 13.7. The molecule has 0 radical (unpaired) electrons. The van der Waals surface area contributed by atoms with Crippen molar-refractivity contribution in [3.05, 3.63) is 29.6 Å². The molecule has 19 heavy (non-hydrogen) atoms. The first-order chi connectivity index (χ1) is 8.90. The zero-order valence-corrected chi connectivity index (χ0v) is 11.6. The Hall–Kier alpha value is -1.62. The zero-order valence-electron chi connectivity index (χ0n) is 11.6. The number of carbonyl (C=O) groups excluding carboxylic acids is 1. The molecule has 0 fully saturated rings. The highest BCUT2D eigenvalue weighted by Crippen LogP contribution is 2.17. The van der Waals surface area contributed by atoms with Crippen LogP contribution in [0.3, 0.4) is 0 Å². The van der Waals surface area contributed by atoms with Gasteiger partial charge in [0.15, 0.2) is 0 Å². The highest BCUT2D eigenvalue weighted by molar-refractivity contribution is 5.90. The number of aliphatic hydroxyl groups is 1. The molecule has 0 aliphatic heterocycles. The lowest BCUT2D eigenvalue weighted by Crippen LogP contribution is -2.48. The van der Waals surface area contributed by atoms with Crippen LogP contribution >= 0.6 is 0 Å². The number of halogens is 1. The molecule has 1 atom stereocenters. The molecule has 1 rings (SSSR count). The molecule has 3 N–H and O–H groups in total.